The maximum atomic E-state index is 13.9. The van der Waals surface area contributed by atoms with Gasteiger partial charge in [-0.3, -0.25) is 4.79 Å². The first-order chi connectivity index (χ1) is 15.6. The van der Waals surface area contributed by atoms with Crippen LogP contribution >= 0.6 is 0 Å². The Morgan fingerprint density at radius 3 is 2.36 bits per heavy atom. The van der Waals surface area contributed by atoms with Crippen molar-refractivity contribution in [3.8, 4) is 11.5 Å². The summed E-state index contributed by atoms with van der Waals surface area (Å²) in [5.41, 5.74) is 6.13. The van der Waals surface area contributed by atoms with Crippen molar-refractivity contribution in [1.82, 2.24) is 0 Å². The van der Waals surface area contributed by atoms with Gasteiger partial charge < -0.3 is 9.84 Å². The molecule has 0 spiro atoms. The molecule has 0 bridgehead atoms. The zero-order valence-corrected chi connectivity index (χ0v) is 19.3. The highest BCUT2D eigenvalue weighted by Crippen LogP contribution is 2.44. The van der Waals surface area contributed by atoms with Crippen molar-refractivity contribution in [2.75, 3.05) is 0 Å². The van der Waals surface area contributed by atoms with E-state index in [0.717, 1.165) is 33.8 Å². The molecule has 0 radical (unpaired) electrons. The summed E-state index contributed by atoms with van der Waals surface area (Å²) < 4.78 is 19.9. The molecular weight excluding hydrogens is 415 g/mol. The van der Waals surface area contributed by atoms with Crippen LogP contribution < -0.4 is 4.74 Å². The van der Waals surface area contributed by atoms with Crippen LogP contribution in [0, 0.1) is 5.82 Å². The normalized spacial score (nSPS) is 14.5. The number of ether oxygens (including phenoxy) is 1. The van der Waals surface area contributed by atoms with Gasteiger partial charge >= 0.3 is 5.97 Å². The van der Waals surface area contributed by atoms with Crippen molar-refractivity contribution in [2.24, 2.45) is 0 Å². The third kappa shape index (κ3) is 4.90. The van der Waals surface area contributed by atoms with E-state index in [4.69, 9.17) is 4.74 Å². The van der Waals surface area contributed by atoms with Gasteiger partial charge in [0.05, 0.1) is 6.42 Å². The first-order valence-electron chi connectivity index (χ1n) is 10.9. The molecule has 0 heterocycles. The number of rotatable bonds is 5. The van der Waals surface area contributed by atoms with E-state index in [2.05, 4.69) is 32.9 Å². The Bertz CT molecular complexity index is 1270. The number of allylic oxidation sites excluding steroid dienone is 2. The molecule has 3 aromatic carbocycles. The molecule has 0 unspecified atom stereocenters. The van der Waals surface area contributed by atoms with Gasteiger partial charge in [0.25, 0.3) is 0 Å². The lowest BCUT2D eigenvalue weighted by molar-refractivity contribution is -0.135. The van der Waals surface area contributed by atoms with Crippen LogP contribution in [0.25, 0.3) is 17.2 Å². The van der Waals surface area contributed by atoms with E-state index in [-0.39, 0.29) is 17.7 Å². The summed E-state index contributed by atoms with van der Waals surface area (Å²) in [5, 5.41) is 9.31. The number of hydrogen-bond acceptors (Lipinski definition) is 2. The highest BCUT2D eigenvalue weighted by molar-refractivity contribution is 6.07. The van der Waals surface area contributed by atoms with Gasteiger partial charge in [-0.25, -0.2) is 4.39 Å². The average Bonchev–Trinajstić information content (AvgIpc) is 2.99. The minimum absolute atomic E-state index is 0.0424. The van der Waals surface area contributed by atoms with Crippen LogP contribution in [-0.4, -0.2) is 11.1 Å². The molecule has 0 saturated heterocycles. The maximum absolute atomic E-state index is 13.9. The largest absolute Gasteiger partial charge is 0.481 e. The molecule has 3 nitrogen and oxygen atoms in total. The first-order valence-corrected chi connectivity index (χ1v) is 10.9. The van der Waals surface area contributed by atoms with Crippen molar-refractivity contribution in [2.45, 2.75) is 39.5 Å². The summed E-state index contributed by atoms with van der Waals surface area (Å²) in [4.78, 5) is 11.4. The van der Waals surface area contributed by atoms with Crippen LogP contribution in [0.15, 0.2) is 72.3 Å². The summed E-state index contributed by atoms with van der Waals surface area (Å²) in [7, 11) is 0. The Labute approximate surface area is 193 Å². The minimum atomic E-state index is -0.933. The van der Waals surface area contributed by atoms with Gasteiger partial charge in [0, 0.05) is 0 Å². The lowest BCUT2D eigenvalue weighted by Crippen LogP contribution is -2.10. The fraction of sp³-hybridized carbons (Fsp3) is 0.207. The number of carboxylic acid groups (broad SMARTS) is 1. The second-order valence-corrected chi connectivity index (χ2v) is 9.37. The zero-order chi connectivity index (χ0) is 23.8. The molecule has 0 fully saturated rings. The highest BCUT2D eigenvalue weighted by atomic mass is 19.1. The van der Waals surface area contributed by atoms with E-state index >= 15 is 0 Å². The van der Waals surface area contributed by atoms with Crippen molar-refractivity contribution in [3.63, 3.8) is 0 Å². The van der Waals surface area contributed by atoms with Gasteiger partial charge in [-0.15, -0.1) is 0 Å². The monoisotopic (exact) mass is 442 g/mol. The second-order valence-electron chi connectivity index (χ2n) is 9.37. The smallest absolute Gasteiger partial charge is 0.307 e. The van der Waals surface area contributed by atoms with Gasteiger partial charge in [-0.05, 0) is 93.8 Å². The molecule has 3 aromatic rings. The molecule has 1 aliphatic rings. The third-order valence-corrected chi connectivity index (χ3v) is 5.91. The van der Waals surface area contributed by atoms with Gasteiger partial charge in [-0.2, -0.15) is 0 Å². The summed E-state index contributed by atoms with van der Waals surface area (Å²) >= 11 is 0. The maximum Gasteiger partial charge on any atom is 0.307 e. The van der Waals surface area contributed by atoms with E-state index in [1.165, 1.54) is 17.7 Å². The number of halogens is 1. The lowest BCUT2D eigenvalue weighted by Gasteiger charge is -2.19. The van der Waals surface area contributed by atoms with Crippen LogP contribution in [0.2, 0.25) is 0 Å². The van der Waals surface area contributed by atoms with Crippen LogP contribution in [0.3, 0.4) is 0 Å². The van der Waals surface area contributed by atoms with Crippen molar-refractivity contribution >= 4 is 23.2 Å². The standard InChI is InChI=1S/C29H27FO3/c1-18-25(24-13-10-21(30)16-27(24)26(18)17-28(31)32)14-19-8-11-22(12-9-19)33-23-7-5-6-20(15-23)29(2,3)4/h5-16H,17H2,1-4H3,(H,31,32)/b25-14-. The molecule has 0 amide bonds. The van der Waals surface area contributed by atoms with E-state index in [1.54, 1.807) is 6.07 Å². The second kappa shape index (κ2) is 8.70. The molecule has 0 aliphatic heterocycles. The molecule has 0 atom stereocenters. The van der Waals surface area contributed by atoms with E-state index < -0.39 is 5.97 Å². The Balaban J connectivity index is 1.62. The fourth-order valence-corrected chi connectivity index (χ4v) is 4.09. The predicted octanol–water partition coefficient (Wildman–Crippen LogP) is 7.72. The molecule has 1 aliphatic carbocycles. The van der Waals surface area contributed by atoms with Gasteiger partial charge in [-0.1, -0.05) is 51.1 Å². The van der Waals surface area contributed by atoms with E-state index in [9.17, 15) is 14.3 Å². The Morgan fingerprint density at radius 2 is 1.70 bits per heavy atom. The summed E-state index contributed by atoms with van der Waals surface area (Å²) in [5.74, 6) is 0.217. The Hall–Kier alpha value is -3.66. The van der Waals surface area contributed by atoms with Crippen LogP contribution in [0.4, 0.5) is 4.39 Å². The number of hydrogen-bond donors (Lipinski definition) is 1. The lowest BCUT2D eigenvalue weighted by atomic mass is 9.87. The summed E-state index contributed by atoms with van der Waals surface area (Å²) in [6.07, 6.45) is 1.87. The van der Waals surface area contributed by atoms with Crippen molar-refractivity contribution < 1.29 is 19.0 Å². The topological polar surface area (TPSA) is 46.5 Å². The summed E-state index contributed by atoms with van der Waals surface area (Å²) in [6, 6.07) is 20.4. The SMILES string of the molecule is CC1=C(CC(=O)O)c2cc(F)ccc2/C1=C\c1ccc(Oc2cccc(C(C)(C)C)c2)cc1. The molecule has 4 heteroatoms. The Kier molecular flexibility index (Phi) is 5.94. The third-order valence-electron chi connectivity index (χ3n) is 5.91. The van der Waals surface area contributed by atoms with Crippen molar-refractivity contribution in [3.05, 3.63) is 100 Å². The van der Waals surface area contributed by atoms with Crippen LogP contribution in [0.5, 0.6) is 11.5 Å². The van der Waals surface area contributed by atoms with Gasteiger partial charge in [0.1, 0.15) is 17.3 Å². The van der Waals surface area contributed by atoms with E-state index in [1.807, 2.05) is 49.4 Å². The minimum Gasteiger partial charge on any atom is -0.481 e. The molecule has 4 rings (SSSR count). The molecule has 0 aromatic heterocycles. The van der Waals surface area contributed by atoms with E-state index in [0.29, 0.717) is 11.1 Å². The summed E-state index contributed by atoms with van der Waals surface area (Å²) in [6.45, 7) is 8.40. The molecule has 33 heavy (non-hydrogen) atoms. The Morgan fingerprint density at radius 1 is 0.970 bits per heavy atom. The van der Waals surface area contributed by atoms with Crippen LogP contribution in [-0.2, 0) is 10.2 Å². The highest BCUT2D eigenvalue weighted by Gasteiger charge is 2.25. The number of aliphatic carboxylic acids is 1. The predicted molar refractivity (Wildman–Crippen MR) is 131 cm³/mol. The fourth-order valence-electron chi connectivity index (χ4n) is 4.09. The van der Waals surface area contributed by atoms with Crippen LogP contribution in [0.1, 0.15) is 56.4 Å². The number of fused-ring (bicyclic) bond motifs is 1. The number of benzene rings is 3. The van der Waals surface area contributed by atoms with Crippen molar-refractivity contribution in [1.29, 1.82) is 0 Å². The van der Waals surface area contributed by atoms with Gasteiger partial charge in [0.15, 0.2) is 0 Å². The molecule has 1 N–H and O–H groups in total. The number of carbonyl (C=O) groups is 1. The quantitative estimate of drug-likeness (QED) is 0.440. The average molecular weight is 443 g/mol. The zero-order valence-electron chi connectivity index (χ0n) is 19.3. The first kappa shape index (κ1) is 22.5. The molecular formula is C29H27FO3. The molecule has 0 saturated carbocycles. The molecule has 168 valence electrons. The number of carboxylic acids is 1. The van der Waals surface area contributed by atoms with Gasteiger partial charge in [0.2, 0.25) is 0 Å².